The maximum atomic E-state index is 13.0. The molecule has 1 fully saturated rings. The number of carbonyl (C=O) groups is 1. The molecule has 1 heterocycles. The Labute approximate surface area is 203 Å². The number of aryl methyl sites for hydroxylation is 1. The molecule has 0 aromatic heterocycles. The third-order valence-electron chi connectivity index (χ3n) is 6.29. The van der Waals surface area contributed by atoms with Crippen molar-refractivity contribution < 1.29 is 22.7 Å². The fraction of sp³-hybridized carbons (Fsp3) is 0.296. The second-order valence-electron chi connectivity index (χ2n) is 8.74. The first-order chi connectivity index (χ1) is 16.7. The van der Waals surface area contributed by atoms with Crippen LogP contribution in [0.2, 0.25) is 0 Å². The average molecular weight is 484 g/mol. The van der Waals surface area contributed by atoms with Crippen LogP contribution >= 0.6 is 0 Å². The van der Waals surface area contributed by atoms with Crippen molar-refractivity contribution in [1.29, 1.82) is 0 Å². The highest BCUT2D eigenvalue weighted by molar-refractivity contribution is 6.05. The van der Waals surface area contributed by atoms with E-state index in [4.69, 9.17) is 4.74 Å². The third-order valence-corrected chi connectivity index (χ3v) is 6.29. The van der Waals surface area contributed by atoms with Crippen molar-refractivity contribution in [1.82, 2.24) is 4.90 Å². The molecule has 0 unspecified atom stereocenters. The molecule has 1 amide bonds. The predicted octanol–water partition coefficient (Wildman–Crippen LogP) is 5.69. The zero-order chi connectivity index (χ0) is 25.2. The molecule has 0 atom stereocenters. The van der Waals surface area contributed by atoms with Gasteiger partial charge in [-0.05, 0) is 73.1 Å². The summed E-state index contributed by atoms with van der Waals surface area (Å²) in [5.74, 6) is 0.492. The van der Waals surface area contributed by atoms with E-state index >= 15 is 0 Å². The molecule has 0 spiro atoms. The van der Waals surface area contributed by atoms with E-state index in [-0.39, 0.29) is 5.91 Å². The van der Waals surface area contributed by atoms with Gasteiger partial charge in [0.1, 0.15) is 5.75 Å². The van der Waals surface area contributed by atoms with Crippen LogP contribution < -0.4 is 15.0 Å². The number of piperazine rings is 1. The average Bonchev–Trinajstić information content (AvgIpc) is 2.84. The van der Waals surface area contributed by atoms with E-state index < -0.39 is 11.7 Å². The molecule has 4 rings (SSSR count). The Balaban J connectivity index is 1.51. The van der Waals surface area contributed by atoms with Crippen molar-refractivity contribution in [2.75, 3.05) is 50.6 Å². The van der Waals surface area contributed by atoms with Gasteiger partial charge in [0, 0.05) is 37.4 Å². The first-order valence-corrected chi connectivity index (χ1v) is 11.4. The van der Waals surface area contributed by atoms with Gasteiger partial charge in [-0.3, -0.25) is 4.79 Å². The Kier molecular flexibility index (Phi) is 7.03. The largest absolute Gasteiger partial charge is 0.495 e. The highest BCUT2D eigenvalue weighted by Crippen LogP contribution is 2.33. The number of methoxy groups -OCH3 is 1. The zero-order valence-corrected chi connectivity index (χ0v) is 19.9. The molecular weight excluding hydrogens is 455 g/mol. The molecule has 1 saturated heterocycles. The summed E-state index contributed by atoms with van der Waals surface area (Å²) in [5.41, 5.74) is 3.61. The van der Waals surface area contributed by atoms with Crippen LogP contribution in [0.1, 0.15) is 21.5 Å². The Hall–Kier alpha value is -3.52. The lowest BCUT2D eigenvalue weighted by Gasteiger charge is -2.35. The Morgan fingerprint density at radius 3 is 2.23 bits per heavy atom. The van der Waals surface area contributed by atoms with Crippen molar-refractivity contribution in [2.45, 2.75) is 13.1 Å². The molecular formula is C27H28F3N3O2. The fourth-order valence-electron chi connectivity index (χ4n) is 4.23. The highest BCUT2D eigenvalue weighted by atomic mass is 19.4. The topological polar surface area (TPSA) is 44.8 Å². The van der Waals surface area contributed by atoms with E-state index in [1.54, 1.807) is 31.4 Å². The summed E-state index contributed by atoms with van der Waals surface area (Å²) in [6, 6.07) is 15.8. The molecule has 8 heteroatoms. The molecule has 0 bridgehead atoms. The first kappa shape index (κ1) is 24.6. The van der Waals surface area contributed by atoms with Crippen molar-refractivity contribution in [3.63, 3.8) is 0 Å². The molecule has 1 aliphatic heterocycles. The SMILES string of the molecule is COc1ccc(NC(=O)c2ccc(-c3ccc(C(F)(F)F)cc3)c(C)c2)cc1N1CCN(C)CC1. The number of hydrogen-bond acceptors (Lipinski definition) is 4. The number of rotatable bonds is 5. The zero-order valence-electron chi connectivity index (χ0n) is 19.9. The maximum absolute atomic E-state index is 13.0. The van der Waals surface area contributed by atoms with Crippen LogP contribution in [0.4, 0.5) is 24.5 Å². The van der Waals surface area contributed by atoms with Gasteiger partial charge in [-0.1, -0.05) is 18.2 Å². The van der Waals surface area contributed by atoms with Crippen LogP contribution in [0.25, 0.3) is 11.1 Å². The summed E-state index contributed by atoms with van der Waals surface area (Å²) < 4.78 is 44.1. The molecule has 0 aliphatic carbocycles. The monoisotopic (exact) mass is 483 g/mol. The number of nitrogens with zero attached hydrogens (tertiary/aromatic N) is 2. The summed E-state index contributed by atoms with van der Waals surface area (Å²) in [4.78, 5) is 17.5. The van der Waals surface area contributed by atoms with Crippen LogP contribution in [0, 0.1) is 6.92 Å². The van der Waals surface area contributed by atoms with Gasteiger partial charge in [0.25, 0.3) is 5.91 Å². The predicted molar refractivity (Wildman–Crippen MR) is 132 cm³/mol. The van der Waals surface area contributed by atoms with Crippen molar-refractivity contribution in [3.05, 3.63) is 77.4 Å². The first-order valence-electron chi connectivity index (χ1n) is 11.4. The minimum Gasteiger partial charge on any atom is -0.495 e. The van der Waals surface area contributed by atoms with E-state index in [0.29, 0.717) is 16.8 Å². The van der Waals surface area contributed by atoms with Gasteiger partial charge in [-0.25, -0.2) is 0 Å². The fourth-order valence-corrected chi connectivity index (χ4v) is 4.23. The molecule has 0 saturated carbocycles. The Bertz CT molecular complexity index is 1200. The summed E-state index contributed by atoms with van der Waals surface area (Å²) in [6.45, 7) is 5.47. The molecule has 35 heavy (non-hydrogen) atoms. The molecule has 3 aromatic rings. The molecule has 3 aromatic carbocycles. The Morgan fingerprint density at radius 2 is 1.63 bits per heavy atom. The van der Waals surface area contributed by atoms with Gasteiger partial charge in [-0.15, -0.1) is 0 Å². The third kappa shape index (κ3) is 5.59. The van der Waals surface area contributed by atoms with E-state index in [1.807, 2.05) is 19.1 Å². The van der Waals surface area contributed by atoms with E-state index in [9.17, 15) is 18.0 Å². The Morgan fingerprint density at radius 1 is 0.943 bits per heavy atom. The number of nitrogens with one attached hydrogen (secondary N) is 1. The second kappa shape index (κ2) is 10.00. The summed E-state index contributed by atoms with van der Waals surface area (Å²) in [7, 11) is 3.73. The van der Waals surface area contributed by atoms with E-state index in [2.05, 4.69) is 22.2 Å². The highest BCUT2D eigenvalue weighted by Gasteiger charge is 2.30. The van der Waals surface area contributed by atoms with Gasteiger partial charge in [0.05, 0.1) is 18.4 Å². The quantitative estimate of drug-likeness (QED) is 0.506. The van der Waals surface area contributed by atoms with E-state index in [0.717, 1.165) is 60.9 Å². The van der Waals surface area contributed by atoms with Gasteiger partial charge in [0.15, 0.2) is 0 Å². The summed E-state index contributed by atoms with van der Waals surface area (Å²) >= 11 is 0. The second-order valence-corrected chi connectivity index (χ2v) is 8.74. The van der Waals surface area contributed by atoms with Crippen LogP contribution in [-0.2, 0) is 6.18 Å². The summed E-state index contributed by atoms with van der Waals surface area (Å²) in [5, 5.41) is 2.95. The van der Waals surface area contributed by atoms with Gasteiger partial charge < -0.3 is 19.9 Å². The van der Waals surface area contributed by atoms with Gasteiger partial charge in [-0.2, -0.15) is 13.2 Å². The molecule has 0 radical (unpaired) electrons. The van der Waals surface area contributed by atoms with Crippen molar-refractivity contribution in [3.8, 4) is 16.9 Å². The van der Waals surface area contributed by atoms with Gasteiger partial charge >= 0.3 is 6.18 Å². The number of halogens is 3. The standard InChI is InChI=1S/C27H28F3N3O2/c1-18-16-20(6-10-23(18)19-4-7-21(8-5-19)27(28,29)30)26(34)31-22-9-11-25(35-3)24(17-22)33-14-12-32(2)13-15-33/h4-11,16-17H,12-15H2,1-3H3,(H,31,34). The van der Waals surface area contributed by atoms with Crippen LogP contribution in [0.5, 0.6) is 5.75 Å². The molecule has 184 valence electrons. The lowest BCUT2D eigenvalue weighted by molar-refractivity contribution is -0.137. The summed E-state index contributed by atoms with van der Waals surface area (Å²) in [6.07, 6.45) is -4.37. The lowest BCUT2D eigenvalue weighted by atomic mass is 9.97. The molecule has 1 N–H and O–H groups in total. The number of hydrogen-bond donors (Lipinski definition) is 1. The smallest absolute Gasteiger partial charge is 0.416 e. The van der Waals surface area contributed by atoms with Crippen LogP contribution in [-0.4, -0.2) is 51.1 Å². The number of ether oxygens (including phenoxy) is 1. The van der Waals surface area contributed by atoms with Crippen molar-refractivity contribution >= 4 is 17.3 Å². The molecule has 5 nitrogen and oxygen atoms in total. The normalized spacial score (nSPS) is 14.6. The van der Waals surface area contributed by atoms with Crippen LogP contribution in [0.3, 0.4) is 0 Å². The maximum Gasteiger partial charge on any atom is 0.416 e. The van der Waals surface area contributed by atoms with Crippen LogP contribution in [0.15, 0.2) is 60.7 Å². The minimum absolute atomic E-state index is 0.262. The number of likely N-dealkylation sites (N-methyl/N-ethyl adjacent to an activating group) is 1. The number of anilines is 2. The van der Waals surface area contributed by atoms with Crippen molar-refractivity contribution in [2.24, 2.45) is 0 Å². The van der Waals surface area contributed by atoms with Gasteiger partial charge in [0.2, 0.25) is 0 Å². The minimum atomic E-state index is -4.37. The lowest BCUT2D eigenvalue weighted by Crippen LogP contribution is -2.44. The number of amides is 1. The number of benzene rings is 3. The number of carbonyl (C=O) groups excluding carboxylic acids is 1. The van der Waals surface area contributed by atoms with E-state index in [1.165, 1.54) is 12.1 Å². The number of alkyl halides is 3. The molecule has 1 aliphatic rings.